The summed E-state index contributed by atoms with van der Waals surface area (Å²) < 4.78 is 49.3. The predicted octanol–water partition coefficient (Wildman–Crippen LogP) is 6.42. The van der Waals surface area contributed by atoms with Gasteiger partial charge in [0.2, 0.25) is 10.0 Å². The van der Waals surface area contributed by atoms with Crippen molar-refractivity contribution in [1.29, 1.82) is 0 Å². The van der Waals surface area contributed by atoms with Crippen molar-refractivity contribution in [3.63, 3.8) is 0 Å². The van der Waals surface area contributed by atoms with Crippen molar-refractivity contribution in [2.75, 3.05) is 51.9 Å². The van der Waals surface area contributed by atoms with Crippen molar-refractivity contribution in [3.8, 4) is 5.75 Å². The standard InChI is InChI=1S/C39H54ClN3O6S/c1-25-8-6-16-38(3,37-47-21-31(22-48-37)42(4)5)32-13-10-29(32)20-43-23-39(17-7-9-27-18-30(40)12-14-33(27)39)24-49-35-15-11-28(19-34(35)43)36(44)41-50(45,46)26(25)2/h11-12,14-15,18-19,25-26,29,31-32,37H,6-10,13,16-17,20-24H2,1-5H3,(H,41,44)/t25-,26+,29-,31-,32+,37-,38-,39-/m0/s1. The quantitative estimate of drug-likeness (QED) is 0.379. The average molecular weight is 728 g/mol. The van der Waals surface area contributed by atoms with Gasteiger partial charge in [0.25, 0.3) is 5.91 Å². The van der Waals surface area contributed by atoms with E-state index in [0.717, 1.165) is 80.9 Å². The Balaban J connectivity index is 1.29. The molecule has 9 nitrogen and oxygen atoms in total. The van der Waals surface area contributed by atoms with Crippen molar-refractivity contribution in [2.24, 2.45) is 23.2 Å². The first-order valence-electron chi connectivity index (χ1n) is 18.6. The molecular formula is C39H54ClN3O6S. The van der Waals surface area contributed by atoms with Crippen molar-refractivity contribution >= 4 is 33.2 Å². The second-order valence-corrected chi connectivity index (χ2v) is 18.9. The molecule has 7 rings (SSSR count). The van der Waals surface area contributed by atoms with E-state index in [2.05, 4.69) is 47.7 Å². The SMILES string of the molecule is C[C@@H]1[C@@H](C)CCC[C@](C)([C@H]2OC[C@H](N(C)C)CO2)[C@@H]2CC[C@H]2CN2C[C@@]3(CCCc4cc(Cl)ccc43)COc3ccc(cc32)C(=O)NS1(=O)=O. The molecule has 0 aromatic heterocycles. The molecule has 1 saturated carbocycles. The number of likely N-dealkylation sites (N-methyl/N-ethyl adjacent to an activating group) is 1. The van der Waals surface area contributed by atoms with Crippen molar-refractivity contribution in [1.82, 2.24) is 9.62 Å². The highest BCUT2D eigenvalue weighted by Gasteiger charge is 2.52. The maximum Gasteiger partial charge on any atom is 0.264 e. The minimum Gasteiger partial charge on any atom is -0.490 e. The Hall–Kier alpha value is -2.37. The van der Waals surface area contributed by atoms with E-state index in [1.807, 2.05) is 25.1 Å². The molecule has 2 bridgehead atoms. The highest BCUT2D eigenvalue weighted by molar-refractivity contribution is 7.90. The number of sulfonamides is 1. The Morgan fingerprint density at radius 1 is 1.00 bits per heavy atom. The largest absolute Gasteiger partial charge is 0.490 e. The van der Waals surface area contributed by atoms with E-state index in [1.165, 1.54) is 11.1 Å². The van der Waals surface area contributed by atoms with E-state index in [0.29, 0.717) is 37.2 Å². The molecule has 2 aromatic carbocycles. The monoisotopic (exact) mass is 727 g/mol. The fourth-order valence-electron chi connectivity index (χ4n) is 9.47. The maximum atomic E-state index is 13.6. The molecule has 3 aliphatic heterocycles. The molecule has 3 heterocycles. The molecule has 6 atom stereocenters. The number of aryl methyl sites for hydroxylation is 1. The molecule has 2 aliphatic carbocycles. The van der Waals surface area contributed by atoms with Gasteiger partial charge in [0, 0.05) is 34.5 Å². The van der Waals surface area contributed by atoms with Crippen LogP contribution >= 0.6 is 11.6 Å². The van der Waals surface area contributed by atoms with E-state index < -0.39 is 21.2 Å². The molecule has 5 aliphatic rings. The van der Waals surface area contributed by atoms with Gasteiger partial charge in [-0.3, -0.25) is 4.79 Å². The number of halogens is 1. The molecular weight excluding hydrogens is 674 g/mol. The third-order valence-corrected chi connectivity index (χ3v) is 15.2. The van der Waals surface area contributed by atoms with Gasteiger partial charge in [-0.2, -0.15) is 0 Å². The number of ether oxygens (including phenoxy) is 3. The second kappa shape index (κ2) is 13.9. The van der Waals surface area contributed by atoms with Crippen LogP contribution in [-0.4, -0.2) is 83.8 Å². The smallest absolute Gasteiger partial charge is 0.264 e. The molecule has 2 fully saturated rings. The molecule has 11 heteroatoms. The van der Waals surface area contributed by atoms with Gasteiger partial charge in [-0.25, -0.2) is 13.1 Å². The van der Waals surface area contributed by atoms with Gasteiger partial charge in [0.1, 0.15) is 5.75 Å². The number of nitrogens with zero attached hydrogens (tertiary/aromatic N) is 2. The van der Waals surface area contributed by atoms with Crippen LogP contribution in [0.3, 0.4) is 0 Å². The Morgan fingerprint density at radius 3 is 2.50 bits per heavy atom. The van der Waals surface area contributed by atoms with Gasteiger partial charge in [0.05, 0.1) is 36.8 Å². The number of carbonyl (C=O) groups is 1. The summed E-state index contributed by atoms with van der Waals surface area (Å²) in [4.78, 5) is 18.2. The lowest BCUT2D eigenvalue weighted by atomic mass is 9.57. The van der Waals surface area contributed by atoms with E-state index >= 15 is 0 Å². The summed E-state index contributed by atoms with van der Waals surface area (Å²) in [6.07, 6.45) is 7.32. The second-order valence-electron chi connectivity index (χ2n) is 16.4. The van der Waals surface area contributed by atoms with Gasteiger partial charge < -0.3 is 24.0 Å². The fourth-order valence-corrected chi connectivity index (χ4v) is 11.0. The van der Waals surface area contributed by atoms with Crippen LogP contribution in [-0.2, 0) is 31.3 Å². The van der Waals surface area contributed by atoms with Crippen LogP contribution in [0, 0.1) is 23.2 Å². The topological polar surface area (TPSA) is 97.4 Å². The highest BCUT2D eigenvalue weighted by Crippen LogP contribution is 2.54. The number of hydrogen-bond acceptors (Lipinski definition) is 8. The van der Waals surface area contributed by atoms with E-state index in [4.69, 9.17) is 25.8 Å². The summed E-state index contributed by atoms with van der Waals surface area (Å²) in [7, 11) is 0.207. The van der Waals surface area contributed by atoms with Gasteiger partial charge in [-0.1, -0.05) is 37.9 Å². The molecule has 274 valence electrons. The Labute approximate surface area is 303 Å². The fraction of sp³-hybridized carbons (Fsp3) is 0.667. The Bertz CT molecular complexity index is 1700. The van der Waals surface area contributed by atoms with E-state index in [1.54, 1.807) is 13.0 Å². The summed E-state index contributed by atoms with van der Waals surface area (Å²) in [6, 6.07) is 11.9. The molecule has 1 amide bonds. The number of amides is 1. The first-order chi connectivity index (χ1) is 23.8. The van der Waals surface area contributed by atoms with Crippen LogP contribution < -0.4 is 14.4 Å². The van der Waals surface area contributed by atoms with Gasteiger partial charge in [-0.15, -0.1) is 0 Å². The minimum absolute atomic E-state index is 0.138. The lowest BCUT2D eigenvalue weighted by Crippen LogP contribution is -2.56. The average Bonchev–Trinajstić information content (AvgIpc) is 3.22. The Morgan fingerprint density at radius 2 is 1.78 bits per heavy atom. The normalized spacial score (nSPS) is 36.0. The van der Waals surface area contributed by atoms with Crippen molar-refractivity contribution < 1.29 is 27.4 Å². The molecule has 1 saturated heterocycles. The molecule has 1 spiro atoms. The summed E-state index contributed by atoms with van der Waals surface area (Å²) in [5.41, 5.74) is 3.22. The van der Waals surface area contributed by atoms with Crippen LogP contribution in [0.5, 0.6) is 5.75 Å². The third kappa shape index (κ3) is 6.68. The number of hydrogen-bond donors (Lipinski definition) is 1. The highest BCUT2D eigenvalue weighted by atomic mass is 35.5. The predicted molar refractivity (Wildman–Crippen MR) is 197 cm³/mol. The number of anilines is 1. The molecule has 1 N–H and O–H groups in total. The summed E-state index contributed by atoms with van der Waals surface area (Å²) in [6.45, 7) is 9.32. The van der Waals surface area contributed by atoms with Gasteiger partial charge in [-0.05, 0) is 125 Å². The van der Waals surface area contributed by atoms with Gasteiger partial charge in [0.15, 0.2) is 6.29 Å². The van der Waals surface area contributed by atoms with Crippen molar-refractivity contribution in [2.45, 2.75) is 95.1 Å². The van der Waals surface area contributed by atoms with Crippen LogP contribution in [0.1, 0.15) is 87.2 Å². The number of rotatable bonds is 2. The zero-order valence-corrected chi connectivity index (χ0v) is 31.8. The first kappa shape index (κ1) is 36.0. The number of carbonyl (C=O) groups excluding carboxylic acids is 1. The number of fused-ring (bicyclic) bond motifs is 4. The van der Waals surface area contributed by atoms with Gasteiger partial charge >= 0.3 is 0 Å². The summed E-state index contributed by atoms with van der Waals surface area (Å²) in [5.74, 6) is 0.726. The lowest BCUT2D eigenvalue weighted by Gasteiger charge is -2.54. The maximum absolute atomic E-state index is 13.6. The van der Waals surface area contributed by atoms with Crippen molar-refractivity contribution in [3.05, 3.63) is 58.1 Å². The minimum atomic E-state index is -3.92. The van der Waals surface area contributed by atoms with Crippen LogP contribution in [0.2, 0.25) is 5.02 Å². The molecule has 2 aromatic rings. The zero-order chi connectivity index (χ0) is 35.4. The first-order valence-corrected chi connectivity index (χ1v) is 20.5. The zero-order valence-electron chi connectivity index (χ0n) is 30.3. The molecule has 50 heavy (non-hydrogen) atoms. The number of nitrogens with one attached hydrogen (secondary N) is 1. The van der Waals surface area contributed by atoms with E-state index in [-0.39, 0.29) is 29.1 Å². The van der Waals surface area contributed by atoms with Crippen LogP contribution in [0.25, 0.3) is 0 Å². The summed E-state index contributed by atoms with van der Waals surface area (Å²) in [5, 5.41) is 0.0177. The molecule has 0 radical (unpaired) electrons. The third-order valence-electron chi connectivity index (χ3n) is 13.1. The molecule has 0 unspecified atom stereocenters. The lowest BCUT2D eigenvalue weighted by molar-refractivity contribution is -0.272. The number of benzene rings is 2. The van der Waals surface area contributed by atoms with Crippen LogP contribution in [0.4, 0.5) is 5.69 Å². The summed E-state index contributed by atoms with van der Waals surface area (Å²) >= 11 is 6.48. The Kier molecular flexibility index (Phi) is 10.00. The van der Waals surface area contributed by atoms with E-state index in [9.17, 15) is 13.2 Å². The van der Waals surface area contributed by atoms with Crippen LogP contribution in [0.15, 0.2) is 36.4 Å².